The predicted octanol–water partition coefficient (Wildman–Crippen LogP) is -1.79. The third-order valence-electron chi connectivity index (χ3n) is 4.54. The zero-order chi connectivity index (χ0) is 23.9. The number of ether oxygens (including phenoxy) is 1. The number of carboxylic acid groups (broad SMARTS) is 1. The summed E-state index contributed by atoms with van der Waals surface area (Å²) in [6.45, 7) is 0.476. The van der Waals surface area contributed by atoms with E-state index in [-0.39, 0.29) is 59.5 Å². The van der Waals surface area contributed by atoms with Gasteiger partial charge in [0.25, 0.3) is 0 Å². The summed E-state index contributed by atoms with van der Waals surface area (Å²) in [5.41, 5.74) is 6.30. The highest BCUT2D eigenvalue weighted by molar-refractivity contribution is 7.96. The molecule has 0 heterocycles. The Morgan fingerprint density at radius 3 is 2.27 bits per heavy atom. The van der Waals surface area contributed by atoms with Crippen LogP contribution in [0.1, 0.15) is 37.7 Å². The molecule has 1 rings (SSSR count). The van der Waals surface area contributed by atoms with Gasteiger partial charge >= 0.3 is 12.1 Å². The maximum Gasteiger partial charge on any atom is 0.408 e. The van der Waals surface area contributed by atoms with Crippen molar-refractivity contribution in [2.24, 2.45) is 5.73 Å². The molecule has 0 radical (unpaired) electrons. The number of rotatable bonds is 15. The lowest BCUT2D eigenvalue weighted by atomic mass is 10.1. The molecule has 1 aromatic rings. The summed E-state index contributed by atoms with van der Waals surface area (Å²) in [6, 6.07) is 6.89. The van der Waals surface area contributed by atoms with Crippen molar-refractivity contribution >= 4 is 34.6 Å². The number of aliphatic carboxylic acids is 1. The number of alkyl carbamates (subject to hydrolysis) is 1. The van der Waals surface area contributed by atoms with E-state index in [0.29, 0.717) is 25.1 Å². The first-order chi connectivity index (χ1) is 15.2. The number of halogens is 1. The van der Waals surface area contributed by atoms with Crippen LogP contribution in [-0.4, -0.2) is 65.8 Å². The van der Waals surface area contributed by atoms with E-state index in [2.05, 4.69) is 10.6 Å². The Kier molecular flexibility index (Phi) is 16.3. The Labute approximate surface area is 208 Å². The molecule has 0 saturated carbocycles. The van der Waals surface area contributed by atoms with E-state index < -0.39 is 30.1 Å². The fourth-order valence-electron chi connectivity index (χ4n) is 2.90. The van der Waals surface area contributed by atoms with Crippen molar-refractivity contribution in [2.75, 3.05) is 24.8 Å². The Bertz CT molecular complexity index is 751. The molecule has 0 fully saturated rings. The number of nitrogens with one attached hydrogen (secondary N) is 2. The predicted molar refractivity (Wildman–Crippen MR) is 124 cm³/mol. The van der Waals surface area contributed by atoms with Crippen molar-refractivity contribution in [1.82, 2.24) is 10.6 Å². The van der Waals surface area contributed by atoms with E-state index >= 15 is 0 Å². The van der Waals surface area contributed by atoms with Gasteiger partial charge in [-0.05, 0) is 48.7 Å². The van der Waals surface area contributed by atoms with Gasteiger partial charge in [0.15, 0.2) is 11.5 Å². The van der Waals surface area contributed by atoms with Crippen molar-refractivity contribution in [3.63, 3.8) is 0 Å². The Hall–Kier alpha value is -2.11. The minimum Gasteiger partial charge on any atom is -1.00 e. The quantitative estimate of drug-likeness (QED) is 0.150. The van der Waals surface area contributed by atoms with Crippen molar-refractivity contribution in [2.45, 2.75) is 50.8 Å². The number of benzene rings is 1. The number of carbonyl (C=O) groups is 4. The molecule has 1 aromatic carbocycles. The second kappa shape index (κ2) is 17.4. The molecule has 186 valence electrons. The fourth-order valence-corrected chi connectivity index (χ4v) is 3.69. The minimum absolute atomic E-state index is 0. The average molecular weight is 549 g/mol. The van der Waals surface area contributed by atoms with Gasteiger partial charge in [0.2, 0.25) is 5.91 Å². The van der Waals surface area contributed by atoms with Crippen molar-refractivity contribution in [3.8, 4) is 0 Å². The van der Waals surface area contributed by atoms with E-state index in [0.717, 1.165) is 5.56 Å². The number of carboxylic acids is 1. The Balaban J connectivity index is 0.0000102. The topological polar surface area (TPSA) is 148 Å². The molecule has 0 bridgehead atoms. The van der Waals surface area contributed by atoms with Gasteiger partial charge in [-0.3, -0.25) is 9.59 Å². The summed E-state index contributed by atoms with van der Waals surface area (Å²) in [5.74, 6) is -1.52. The number of Topliss-reactive ketones (excluding diaryl/α,β-unsaturated/α-hetero) is 1. The first-order valence-electron chi connectivity index (χ1n) is 10.5. The van der Waals surface area contributed by atoms with Crippen LogP contribution in [0.25, 0.3) is 0 Å². The maximum absolute atomic E-state index is 12.7. The number of carbonyl (C=O) groups excluding carboxylic acids is 3. The van der Waals surface area contributed by atoms with Crippen molar-refractivity contribution < 1.29 is 46.0 Å². The van der Waals surface area contributed by atoms with Gasteiger partial charge in [-0.2, -0.15) is 0 Å². The fraction of sp³-hybridized carbons (Fsp3) is 0.545. The lowest BCUT2D eigenvalue weighted by Crippen LogP contribution is -3.00. The highest BCUT2D eigenvalue weighted by Crippen LogP contribution is 2.07. The van der Waals surface area contributed by atoms with Crippen LogP contribution in [0.3, 0.4) is 0 Å². The molecule has 33 heavy (non-hydrogen) atoms. The van der Waals surface area contributed by atoms with Crippen LogP contribution in [-0.2, 0) is 36.6 Å². The number of hydrogen-bond acceptors (Lipinski definition) is 6. The third kappa shape index (κ3) is 13.9. The third-order valence-corrected chi connectivity index (χ3v) is 5.44. The SMILES string of the molecule is C[S+](C)CC(=O)CCC(NC(=O)C(CCCCN)NC(=O)OCc1ccccc1)C(=O)O.[Br-]. The van der Waals surface area contributed by atoms with Gasteiger partial charge in [0.05, 0.1) is 12.5 Å². The zero-order valence-corrected chi connectivity index (χ0v) is 21.5. The van der Waals surface area contributed by atoms with Crippen LogP contribution < -0.4 is 33.3 Å². The second-order valence-corrected chi connectivity index (χ2v) is 9.91. The molecule has 5 N–H and O–H groups in total. The number of ketones is 1. The number of hydrogen-bond donors (Lipinski definition) is 4. The molecule has 0 aliphatic rings. The van der Waals surface area contributed by atoms with Gasteiger partial charge in [-0.15, -0.1) is 0 Å². The molecular formula is C22H34BrN3O6S. The average Bonchev–Trinajstić information content (AvgIpc) is 2.74. The monoisotopic (exact) mass is 547 g/mol. The molecule has 11 heteroatoms. The lowest BCUT2D eigenvalue weighted by Gasteiger charge is -2.21. The summed E-state index contributed by atoms with van der Waals surface area (Å²) in [7, 11) is -0.0727. The standard InChI is InChI=1S/C22H33N3O6S.BrH/c1-32(2)15-17(26)11-12-19(21(28)29)24-20(27)18(10-6-7-13-23)25-22(30)31-14-16-8-4-3-5-9-16;/h3-5,8-9,18-19H,6-7,10-15,23H2,1-2H3,(H2-,24,25,27,28,29,30);1H. The zero-order valence-electron chi connectivity index (χ0n) is 19.1. The molecule has 0 saturated heterocycles. The minimum atomic E-state index is -1.23. The highest BCUT2D eigenvalue weighted by Gasteiger charge is 2.27. The van der Waals surface area contributed by atoms with E-state index in [4.69, 9.17) is 10.5 Å². The van der Waals surface area contributed by atoms with Gasteiger partial charge in [0, 0.05) is 6.42 Å². The molecule has 0 spiro atoms. The molecule has 0 aliphatic heterocycles. The van der Waals surface area contributed by atoms with Crippen LogP contribution in [0.2, 0.25) is 0 Å². The number of unbranched alkanes of at least 4 members (excludes halogenated alkanes) is 1. The molecule has 9 nitrogen and oxygen atoms in total. The Morgan fingerprint density at radius 2 is 1.70 bits per heavy atom. The highest BCUT2D eigenvalue weighted by atomic mass is 79.9. The molecule has 2 unspecified atom stereocenters. The van der Waals surface area contributed by atoms with E-state index in [1.54, 1.807) is 12.1 Å². The van der Waals surface area contributed by atoms with Crippen LogP contribution in [0.5, 0.6) is 0 Å². The first-order valence-corrected chi connectivity index (χ1v) is 12.7. The van der Waals surface area contributed by atoms with E-state index in [9.17, 15) is 24.3 Å². The van der Waals surface area contributed by atoms with Gasteiger partial charge < -0.3 is 43.2 Å². The van der Waals surface area contributed by atoms with Crippen LogP contribution in [0.15, 0.2) is 30.3 Å². The molecule has 0 aliphatic carbocycles. The second-order valence-electron chi connectivity index (χ2n) is 7.65. The summed E-state index contributed by atoms with van der Waals surface area (Å²) in [4.78, 5) is 48.4. The normalized spacial score (nSPS) is 12.2. The van der Waals surface area contributed by atoms with Crippen LogP contribution in [0.4, 0.5) is 4.79 Å². The Morgan fingerprint density at radius 1 is 1.03 bits per heavy atom. The smallest absolute Gasteiger partial charge is 0.408 e. The summed E-state index contributed by atoms with van der Waals surface area (Å²) < 4.78 is 5.17. The first kappa shape index (κ1) is 30.9. The lowest BCUT2D eigenvalue weighted by molar-refractivity contribution is -0.142. The van der Waals surface area contributed by atoms with E-state index in [1.165, 1.54) is 0 Å². The van der Waals surface area contributed by atoms with Gasteiger partial charge in [0.1, 0.15) is 18.7 Å². The van der Waals surface area contributed by atoms with E-state index in [1.807, 2.05) is 30.7 Å². The van der Waals surface area contributed by atoms with Gasteiger partial charge in [-0.1, -0.05) is 30.3 Å². The van der Waals surface area contributed by atoms with Crippen LogP contribution in [0, 0.1) is 0 Å². The number of nitrogens with two attached hydrogens (primary N) is 1. The largest absolute Gasteiger partial charge is 1.00 e. The molecular weight excluding hydrogens is 514 g/mol. The summed E-state index contributed by atoms with van der Waals surface area (Å²) in [5, 5.41) is 14.4. The molecule has 2 amide bonds. The summed E-state index contributed by atoms with van der Waals surface area (Å²) >= 11 is 0. The number of amides is 2. The summed E-state index contributed by atoms with van der Waals surface area (Å²) in [6.07, 6.45) is 4.64. The van der Waals surface area contributed by atoms with Crippen LogP contribution >= 0.6 is 0 Å². The van der Waals surface area contributed by atoms with Gasteiger partial charge in [-0.25, -0.2) is 9.59 Å². The molecule has 2 atom stereocenters. The maximum atomic E-state index is 12.7. The molecule has 0 aromatic heterocycles. The van der Waals surface area contributed by atoms with Crippen molar-refractivity contribution in [3.05, 3.63) is 35.9 Å². The van der Waals surface area contributed by atoms with Crippen molar-refractivity contribution in [1.29, 1.82) is 0 Å².